The van der Waals surface area contributed by atoms with E-state index in [0.29, 0.717) is 0 Å². The molecule has 6 nitrogen and oxygen atoms in total. The zero-order chi connectivity index (χ0) is 28.6. The van der Waals surface area contributed by atoms with Gasteiger partial charge in [0.15, 0.2) is 0 Å². The summed E-state index contributed by atoms with van der Waals surface area (Å²) >= 11 is 0. The second-order valence-electron chi connectivity index (χ2n) is 11.4. The third-order valence-electron chi connectivity index (χ3n) is 7.39. The molecule has 1 aromatic carbocycles. The van der Waals surface area contributed by atoms with E-state index in [9.17, 15) is 0 Å². The van der Waals surface area contributed by atoms with Crippen LogP contribution in [0.2, 0.25) is 0 Å². The minimum absolute atomic E-state index is 0. The lowest BCUT2D eigenvalue weighted by Crippen LogP contribution is -2.24. The summed E-state index contributed by atoms with van der Waals surface area (Å²) in [5.74, 6) is 0. The zero-order valence-corrected chi connectivity index (χ0v) is 27.9. The van der Waals surface area contributed by atoms with Crippen LogP contribution in [0.15, 0.2) is 24.3 Å². The molecular weight excluding hydrogens is 528 g/mol. The van der Waals surface area contributed by atoms with Crippen LogP contribution in [0.1, 0.15) is 115 Å². The topological polar surface area (TPSA) is 72.2 Å². The van der Waals surface area contributed by atoms with Crippen molar-refractivity contribution in [1.29, 1.82) is 0 Å². The Bertz CT molecular complexity index is 584. The molecule has 0 aliphatic carbocycles. The molecule has 6 N–H and O–H groups in total. The summed E-state index contributed by atoms with van der Waals surface area (Å²) < 4.78 is 0. The average Bonchev–Trinajstić information content (AvgIpc) is 2.97. The fourth-order valence-corrected chi connectivity index (χ4v) is 4.85. The number of hydrogen-bond donors (Lipinski definition) is 6. The Morgan fingerprint density at radius 1 is 0.390 bits per heavy atom. The van der Waals surface area contributed by atoms with Gasteiger partial charge in [-0.15, -0.1) is 12.4 Å². The van der Waals surface area contributed by atoms with Crippen LogP contribution in [0.3, 0.4) is 0 Å². The Morgan fingerprint density at radius 2 is 0.707 bits per heavy atom. The van der Waals surface area contributed by atoms with Crippen LogP contribution in [0, 0.1) is 0 Å². The highest BCUT2D eigenvalue weighted by atomic mass is 35.5. The van der Waals surface area contributed by atoms with Crippen molar-refractivity contribution < 1.29 is 0 Å². The molecule has 242 valence electrons. The molecule has 0 saturated carbocycles. The first-order valence-corrected chi connectivity index (χ1v) is 17.2. The molecule has 0 aromatic heterocycles. The second-order valence-corrected chi connectivity index (χ2v) is 11.4. The molecule has 1 aromatic rings. The predicted octanol–water partition coefficient (Wildman–Crippen LogP) is 6.15. The molecule has 0 atom stereocenters. The van der Waals surface area contributed by atoms with Gasteiger partial charge in [-0.1, -0.05) is 76.6 Å². The molecule has 0 unspecified atom stereocenters. The summed E-state index contributed by atoms with van der Waals surface area (Å²) in [6.45, 7) is 17.8. The lowest BCUT2D eigenvalue weighted by atomic mass is 10.1. The van der Waals surface area contributed by atoms with Crippen molar-refractivity contribution in [1.82, 2.24) is 31.9 Å². The van der Waals surface area contributed by atoms with Crippen LogP contribution in [0.5, 0.6) is 0 Å². The SMILES string of the molecule is CCCCCCNCCCNCCCCNCc1cccc(CNCCCCNCCCNCCCCCC)c1.Cl. The summed E-state index contributed by atoms with van der Waals surface area (Å²) in [6, 6.07) is 9.02. The first-order chi connectivity index (χ1) is 19.9. The average molecular weight is 597 g/mol. The van der Waals surface area contributed by atoms with Crippen molar-refractivity contribution in [3.05, 3.63) is 35.4 Å². The van der Waals surface area contributed by atoms with Crippen molar-refractivity contribution in [3.8, 4) is 0 Å². The maximum Gasteiger partial charge on any atom is 0.0205 e. The van der Waals surface area contributed by atoms with E-state index in [1.165, 1.54) is 114 Å². The van der Waals surface area contributed by atoms with Gasteiger partial charge in [0.1, 0.15) is 0 Å². The monoisotopic (exact) mass is 597 g/mol. The van der Waals surface area contributed by atoms with Crippen molar-refractivity contribution in [3.63, 3.8) is 0 Å². The molecule has 41 heavy (non-hydrogen) atoms. The van der Waals surface area contributed by atoms with E-state index in [-0.39, 0.29) is 12.4 Å². The van der Waals surface area contributed by atoms with Crippen molar-refractivity contribution in [2.75, 3.05) is 65.4 Å². The first kappa shape index (κ1) is 40.3. The number of nitrogens with one attached hydrogen (secondary N) is 6. The van der Waals surface area contributed by atoms with Crippen LogP contribution >= 0.6 is 12.4 Å². The molecular formula is C34H69ClN6. The van der Waals surface area contributed by atoms with Crippen LogP contribution < -0.4 is 31.9 Å². The van der Waals surface area contributed by atoms with Crippen LogP contribution in [0.25, 0.3) is 0 Å². The largest absolute Gasteiger partial charge is 0.317 e. The van der Waals surface area contributed by atoms with E-state index < -0.39 is 0 Å². The molecule has 0 radical (unpaired) electrons. The van der Waals surface area contributed by atoms with E-state index in [0.717, 1.165) is 65.4 Å². The summed E-state index contributed by atoms with van der Waals surface area (Å²) in [5, 5.41) is 21.5. The van der Waals surface area contributed by atoms with Crippen LogP contribution in [-0.4, -0.2) is 65.4 Å². The molecule has 0 heterocycles. The smallest absolute Gasteiger partial charge is 0.0205 e. The molecule has 1 rings (SSSR count). The Kier molecular flexibility index (Phi) is 33.2. The van der Waals surface area contributed by atoms with E-state index >= 15 is 0 Å². The van der Waals surface area contributed by atoms with Gasteiger partial charge in [0.25, 0.3) is 0 Å². The van der Waals surface area contributed by atoms with Gasteiger partial charge in [0.05, 0.1) is 0 Å². The molecule has 0 aliphatic rings. The second kappa shape index (κ2) is 33.8. The third kappa shape index (κ3) is 29.1. The minimum atomic E-state index is 0. The molecule has 0 fully saturated rings. The Labute approximate surface area is 261 Å². The Hall–Kier alpha value is -0.730. The lowest BCUT2D eigenvalue weighted by molar-refractivity contribution is 0.546. The van der Waals surface area contributed by atoms with Gasteiger partial charge in [-0.2, -0.15) is 0 Å². The Morgan fingerprint density at radius 3 is 1.07 bits per heavy atom. The van der Waals surface area contributed by atoms with Crippen molar-refractivity contribution in [2.24, 2.45) is 0 Å². The van der Waals surface area contributed by atoms with Crippen molar-refractivity contribution in [2.45, 2.75) is 117 Å². The first-order valence-electron chi connectivity index (χ1n) is 17.2. The summed E-state index contributed by atoms with van der Waals surface area (Å²) in [4.78, 5) is 0. The highest BCUT2D eigenvalue weighted by Crippen LogP contribution is 2.05. The number of unbranched alkanes of at least 4 members (excludes halogenated alkanes) is 8. The summed E-state index contributed by atoms with van der Waals surface area (Å²) in [5.41, 5.74) is 2.78. The molecule has 7 heteroatoms. The van der Waals surface area contributed by atoms with Gasteiger partial charge in [-0.05, 0) is 128 Å². The van der Waals surface area contributed by atoms with Gasteiger partial charge in [-0.3, -0.25) is 0 Å². The number of rotatable bonds is 32. The fraction of sp³-hybridized carbons (Fsp3) is 0.824. The van der Waals surface area contributed by atoms with E-state index in [4.69, 9.17) is 0 Å². The standard InChI is InChI=1S/C34H68N6.ClH/c1-3-5-7-9-20-35-26-16-28-37-22-11-13-24-39-31-33-18-15-19-34(30-33)32-40-25-14-12-23-38-29-17-27-36-21-10-8-6-4-2;/h15,18-19,30,35-40H,3-14,16-17,20-29,31-32H2,1-2H3;1H. The molecule has 0 saturated heterocycles. The number of halogens is 1. The lowest BCUT2D eigenvalue weighted by Gasteiger charge is -2.09. The summed E-state index contributed by atoms with van der Waals surface area (Å²) in [7, 11) is 0. The highest BCUT2D eigenvalue weighted by molar-refractivity contribution is 5.85. The molecule has 0 spiro atoms. The minimum Gasteiger partial charge on any atom is -0.317 e. The van der Waals surface area contributed by atoms with Crippen molar-refractivity contribution >= 4 is 12.4 Å². The third-order valence-corrected chi connectivity index (χ3v) is 7.39. The highest BCUT2D eigenvalue weighted by Gasteiger charge is 1.98. The van der Waals surface area contributed by atoms with E-state index in [2.05, 4.69) is 70.0 Å². The van der Waals surface area contributed by atoms with Gasteiger partial charge in [0.2, 0.25) is 0 Å². The fourth-order valence-electron chi connectivity index (χ4n) is 4.85. The predicted molar refractivity (Wildman–Crippen MR) is 185 cm³/mol. The zero-order valence-electron chi connectivity index (χ0n) is 27.1. The van der Waals surface area contributed by atoms with Gasteiger partial charge < -0.3 is 31.9 Å². The maximum atomic E-state index is 3.62. The molecule has 0 aliphatic heterocycles. The van der Waals surface area contributed by atoms with Gasteiger partial charge >= 0.3 is 0 Å². The number of benzene rings is 1. The van der Waals surface area contributed by atoms with Crippen LogP contribution in [0.4, 0.5) is 0 Å². The van der Waals surface area contributed by atoms with Crippen LogP contribution in [-0.2, 0) is 13.1 Å². The normalized spacial score (nSPS) is 11.2. The van der Waals surface area contributed by atoms with E-state index in [1.54, 1.807) is 0 Å². The Balaban J connectivity index is 0.0000160. The number of hydrogen-bond acceptors (Lipinski definition) is 6. The maximum absolute atomic E-state index is 3.62. The van der Waals surface area contributed by atoms with Gasteiger partial charge in [-0.25, -0.2) is 0 Å². The molecule has 0 amide bonds. The molecule has 0 bridgehead atoms. The van der Waals surface area contributed by atoms with E-state index in [1.807, 2.05) is 0 Å². The van der Waals surface area contributed by atoms with Gasteiger partial charge in [0, 0.05) is 13.1 Å². The summed E-state index contributed by atoms with van der Waals surface area (Å²) in [6.07, 6.45) is 18.2. The quantitative estimate of drug-likeness (QED) is 0.0561.